The quantitative estimate of drug-likeness (QED) is 0.781. The van der Waals surface area contributed by atoms with Crippen molar-refractivity contribution in [3.8, 4) is 0 Å². The van der Waals surface area contributed by atoms with Gasteiger partial charge in [-0.3, -0.25) is 4.79 Å². The Bertz CT molecular complexity index is 552. The van der Waals surface area contributed by atoms with Gasteiger partial charge in [0.2, 0.25) is 0 Å². The Morgan fingerprint density at radius 2 is 2.00 bits per heavy atom. The van der Waals surface area contributed by atoms with Gasteiger partial charge in [0.25, 0.3) is 0 Å². The highest BCUT2D eigenvalue weighted by Crippen LogP contribution is 2.64. The van der Waals surface area contributed by atoms with Crippen LogP contribution < -0.4 is 5.73 Å². The number of nitrogens with two attached hydrogens (primary N) is 1. The van der Waals surface area contributed by atoms with Gasteiger partial charge in [-0.1, -0.05) is 12.5 Å². The highest BCUT2D eigenvalue weighted by atomic mass is 16.3. The third-order valence-corrected chi connectivity index (χ3v) is 8.38. The number of carbonyl (C=O) groups is 1. The number of carbonyl (C=O) groups excluding carboxylic acids is 1. The lowest BCUT2D eigenvalue weighted by Gasteiger charge is -2.57. The van der Waals surface area contributed by atoms with E-state index >= 15 is 0 Å². The van der Waals surface area contributed by atoms with Gasteiger partial charge in [-0.25, -0.2) is 0 Å². The van der Waals surface area contributed by atoms with Gasteiger partial charge in [-0.15, -0.1) is 0 Å². The lowest BCUT2D eigenvalue weighted by Crippen LogP contribution is -2.56. The second kappa shape index (κ2) is 5.16. The molecule has 0 heterocycles. The molecule has 3 N–H and O–H groups in total. The van der Waals surface area contributed by atoms with Gasteiger partial charge in [0.05, 0.1) is 0 Å². The van der Waals surface area contributed by atoms with Crippen LogP contribution in [0, 0.1) is 35.0 Å². The summed E-state index contributed by atoms with van der Waals surface area (Å²) < 4.78 is 0. The minimum atomic E-state index is -0.0456. The normalized spacial score (nSPS) is 52.4. The third-order valence-electron chi connectivity index (χ3n) is 8.38. The number of aliphatic hydroxyl groups excluding tert-OH is 1. The molecule has 3 nitrogen and oxygen atoms in total. The van der Waals surface area contributed by atoms with E-state index in [-0.39, 0.29) is 29.3 Å². The maximum atomic E-state index is 11.9. The van der Waals surface area contributed by atoms with Crippen LogP contribution in [-0.4, -0.2) is 23.0 Å². The van der Waals surface area contributed by atoms with Gasteiger partial charge in [0.15, 0.2) is 5.78 Å². The predicted molar refractivity (Wildman–Crippen MR) is 90.6 cm³/mol. The van der Waals surface area contributed by atoms with Crippen LogP contribution in [0.5, 0.6) is 0 Å². The van der Waals surface area contributed by atoms with Crippen LogP contribution in [0.3, 0.4) is 0 Å². The number of hydrogen-bond acceptors (Lipinski definition) is 3. The first-order chi connectivity index (χ1) is 10.9. The summed E-state index contributed by atoms with van der Waals surface area (Å²) in [5.41, 5.74) is 8.18. The molecular formula is C20H31NO2. The molecule has 0 saturated heterocycles. The van der Waals surface area contributed by atoms with Crippen LogP contribution in [0.1, 0.15) is 58.8 Å². The molecule has 0 bridgehead atoms. The molecule has 0 amide bonds. The van der Waals surface area contributed by atoms with Crippen molar-refractivity contribution in [1.29, 1.82) is 0 Å². The van der Waals surface area contributed by atoms with Gasteiger partial charge in [-0.05, 0) is 80.6 Å². The number of ketones is 1. The topological polar surface area (TPSA) is 63.3 Å². The summed E-state index contributed by atoms with van der Waals surface area (Å²) in [6, 6.07) is 0. The lowest BCUT2D eigenvalue weighted by molar-refractivity contribution is -0.116. The minimum absolute atomic E-state index is 0.0456. The average Bonchev–Trinajstić information content (AvgIpc) is 2.76. The molecule has 3 saturated carbocycles. The largest absolute Gasteiger partial charge is 0.396 e. The first-order valence-electron chi connectivity index (χ1n) is 9.51. The Balaban J connectivity index is 1.69. The van der Waals surface area contributed by atoms with Gasteiger partial charge in [0.1, 0.15) is 0 Å². The lowest BCUT2D eigenvalue weighted by atomic mass is 9.49. The fourth-order valence-corrected chi connectivity index (χ4v) is 6.81. The van der Waals surface area contributed by atoms with E-state index in [1.165, 1.54) is 24.8 Å². The van der Waals surface area contributed by atoms with Gasteiger partial charge >= 0.3 is 0 Å². The molecule has 0 aromatic heterocycles. The molecule has 4 rings (SSSR count). The molecule has 23 heavy (non-hydrogen) atoms. The fourth-order valence-electron chi connectivity index (χ4n) is 6.81. The van der Waals surface area contributed by atoms with E-state index in [2.05, 4.69) is 13.8 Å². The van der Waals surface area contributed by atoms with Crippen molar-refractivity contribution in [3.05, 3.63) is 11.6 Å². The van der Waals surface area contributed by atoms with Gasteiger partial charge in [-0.2, -0.15) is 0 Å². The first-order valence-corrected chi connectivity index (χ1v) is 9.51. The Labute approximate surface area is 139 Å². The van der Waals surface area contributed by atoms with E-state index in [9.17, 15) is 9.90 Å². The summed E-state index contributed by atoms with van der Waals surface area (Å²) >= 11 is 0. The van der Waals surface area contributed by atoms with Gasteiger partial charge in [0, 0.05) is 24.5 Å². The zero-order chi connectivity index (χ0) is 16.4. The van der Waals surface area contributed by atoms with Crippen molar-refractivity contribution in [2.75, 3.05) is 6.61 Å². The van der Waals surface area contributed by atoms with Crippen LogP contribution in [0.25, 0.3) is 0 Å². The van der Waals surface area contributed by atoms with E-state index in [0.717, 1.165) is 19.3 Å². The summed E-state index contributed by atoms with van der Waals surface area (Å²) in [4.78, 5) is 11.9. The standard InChI is InChI=1S/C20H31NO2/c1-19-7-5-15-14-4-3-13(23)10-16(14)12(11-22)9-17(15)18(19)6-8-20(19,2)21/h10,12,14-15,17-18,22H,3-9,11,21H2,1-2H3/t12-,14+,15+,17+,18-,19-,20-/m0/s1. The molecule has 4 aliphatic rings. The summed E-state index contributed by atoms with van der Waals surface area (Å²) in [5.74, 6) is 3.11. The fraction of sp³-hybridized carbons (Fsp3) is 0.850. The summed E-state index contributed by atoms with van der Waals surface area (Å²) in [6.45, 7) is 4.87. The molecule has 4 aliphatic carbocycles. The van der Waals surface area contributed by atoms with Crippen molar-refractivity contribution >= 4 is 5.78 Å². The Kier molecular flexibility index (Phi) is 3.55. The summed E-state index contributed by atoms with van der Waals surface area (Å²) in [7, 11) is 0. The Morgan fingerprint density at radius 1 is 1.22 bits per heavy atom. The van der Waals surface area contributed by atoms with E-state index in [0.29, 0.717) is 30.1 Å². The monoisotopic (exact) mass is 317 g/mol. The van der Waals surface area contributed by atoms with E-state index in [1.54, 1.807) is 0 Å². The highest BCUT2D eigenvalue weighted by molar-refractivity contribution is 5.91. The molecule has 0 aromatic rings. The van der Waals surface area contributed by atoms with E-state index in [4.69, 9.17) is 5.73 Å². The molecular weight excluding hydrogens is 286 g/mol. The molecule has 3 fully saturated rings. The zero-order valence-electron chi connectivity index (χ0n) is 14.6. The smallest absolute Gasteiger partial charge is 0.155 e. The first kappa shape index (κ1) is 15.8. The van der Waals surface area contributed by atoms with E-state index in [1.807, 2.05) is 6.08 Å². The van der Waals surface area contributed by atoms with Crippen LogP contribution in [0.15, 0.2) is 11.6 Å². The van der Waals surface area contributed by atoms with Gasteiger partial charge < -0.3 is 10.8 Å². The minimum Gasteiger partial charge on any atom is -0.396 e. The van der Waals surface area contributed by atoms with Crippen LogP contribution >= 0.6 is 0 Å². The van der Waals surface area contributed by atoms with Crippen LogP contribution in [-0.2, 0) is 4.79 Å². The van der Waals surface area contributed by atoms with Crippen molar-refractivity contribution in [2.45, 2.75) is 64.3 Å². The molecule has 0 aliphatic heterocycles. The average molecular weight is 317 g/mol. The van der Waals surface area contributed by atoms with Crippen molar-refractivity contribution in [3.63, 3.8) is 0 Å². The van der Waals surface area contributed by atoms with Crippen molar-refractivity contribution in [1.82, 2.24) is 0 Å². The van der Waals surface area contributed by atoms with Crippen LogP contribution in [0.2, 0.25) is 0 Å². The maximum absolute atomic E-state index is 11.9. The molecule has 0 aromatic carbocycles. The van der Waals surface area contributed by atoms with Crippen molar-refractivity contribution < 1.29 is 9.90 Å². The predicted octanol–water partition coefficient (Wildman–Crippen LogP) is 3.06. The summed E-state index contributed by atoms with van der Waals surface area (Å²) in [6.07, 6.45) is 9.51. The molecule has 0 spiro atoms. The second-order valence-corrected chi connectivity index (χ2v) is 9.22. The van der Waals surface area contributed by atoms with Crippen molar-refractivity contribution in [2.24, 2.45) is 40.7 Å². The Hall–Kier alpha value is -0.670. The molecule has 3 heteroatoms. The second-order valence-electron chi connectivity index (χ2n) is 9.22. The summed E-state index contributed by atoms with van der Waals surface area (Å²) in [5, 5.41) is 9.94. The highest BCUT2D eigenvalue weighted by Gasteiger charge is 2.60. The number of hydrogen-bond donors (Lipinski definition) is 2. The SMILES string of the molecule is C[C@]1(N)CC[C@H]2[C@@H]3C[C@@H](CO)C4=CC(=O)CC[C@@H]4[C@H]3CC[C@@]21C. The maximum Gasteiger partial charge on any atom is 0.155 e. The van der Waals surface area contributed by atoms with Crippen LogP contribution in [0.4, 0.5) is 0 Å². The molecule has 0 unspecified atom stereocenters. The van der Waals surface area contributed by atoms with E-state index < -0.39 is 0 Å². The number of rotatable bonds is 1. The number of aliphatic hydroxyl groups is 1. The number of fused-ring (bicyclic) bond motifs is 5. The zero-order valence-corrected chi connectivity index (χ0v) is 14.6. The molecule has 0 radical (unpaired) electrons. The Morgan fingerprint density at radius 3 is 2.74 bits per heavy atom. The molecule has 128 valence electrons. The third kappa shape index (κ3) is 2.12. The molecule has 7 atom stereocenters.